The Balaban J connectivity index is 3.33. The van der Waals surface area contributed by atoms with Crippen LogP contribution >= 0.6 is 27.5 Å². The van der Waals surface area contributed by atoms with Crippen molar-refractivity contribution in [3.63, 3.8) is 0 Å². The molecule has 0 radical (unpaired) electrons. The number of carbonyl (C=O) groups excluding carboxylic acids is 1. The number of carbonyl (C=O) groups is 1. The van der Waals surface area contributed by atoms with Gasteiger partial charge in [0.05, 0.1) is 16.6 Å². The van der Waals surface area contributed by atoms with Crippen LogP contribution in [0.25, 0.3) is 0 Å². The lowest BCUT2D eigenvalue weighted by molar-refractivity contribution is 0.112. The SMILES string of the molecule is COc1c(Cl)ccc(C=O)c1Br. The van der Waals surface area contributed by atoms with E-state index in [4.69, 9.17) is 16.3 Å². The summed E-state index contributed by atoms with van der Waals surface area (Å²) in [5.74, 6) is 0.487. The van der Waals surface area contributed by atoms with Gasteiger partial charge in [-0.3, -0.25) is 4.79 Å². The summed E-state index contributed by atoms with van der Waals surface area (Å²) >= 11 is 9.00. The molecule has 1 aromatic carbocycles. The van der Waals surface area contributed by atoms with E-state index < -0.39 is 0 Å². The fraction of sp³-hybridized carbons (Fsp3) is 0.125. The van der Waals surface area contributed by atoms with E-state index in [0.717, 1.165) is 6.29 Å². The normalized spacial score (nSPS) is 9.58. The second-order valence-electron chi connectivity index (χ2n) is 2.10. The predicted molar refractivity (Wildman–Crippen MR) is 51.1 cm³/mol. The number of aldehydes is 1. The average molecular weight is 249 g/mol. The van der Waals surface area contributed by atoms with Crippen LogP contribution in [-0.4, -0.2) is 13.4 Å². The zero-order valence-corrected chi connectivity index (χ0v) is 8.65. The summed E-state index contributed by atoms with van der Waals surface area (Å²) < 4.78 is 5.57. The maximum Gasteiger partial charge on any atom is 0.152 e. The number of benzene rings is 1. The van der Waals surface area contributed by atoms with Gasteiger partial charge >= 0.3 is 0 Å². The topological polar surface area (TPSA) is 26.3 Å². The van der Waals surface area contributed by atoms with Crippen LogP contribution in [-0.2, 0) is 0 Å². The molecule has 4 heteroatoms. The van der Waals surface area contributed by atoms with Gasteiger partial charge in [-0.1, -0.05) is 11.6 Å². The first kappa shape index (κ1) is 9.55. The summed E-state index contributed by atoms with van der Waals surface area (Å²) in [7, 11) is 1.50. The van der Waals surface area contributed by atoms with Crippen molar-refractivity contribution < 1.29 is 9.53 Å². The third-order valence-corrected chi connectivity index (χ3v) is 2.53. The van der Waals surface area contributed by atoms with Crippen molar-refractivity contribution in [2.24, 2.45) is 0 Å². The molecule has 0 bridgehead atoms. The maximum atomic E-state index is 10.5. The number of hydrogen-bond acceptors (Lipinski definition) is 2. The molecule has 1 rings (SSSR count). The van der Waals surface area contributed by atoms with Gasteiger partial charge in [0.25, 0.3) is 0 Å². The molecule has 0 saturated heterocycles. The fourth-order valence-corrected chi connectivity index (χ4v) is 1.78. The molecular formula is C8H6BrClO2. The van der Waals surface area contributed by atoms with E-state index in [2.05, 4.69) is 15.9 Å². The van der Waals surface area contributed by atoms with Crippen molar-refractivity contribution in [1.29, 1.82) is 0 Å². The van der Waals surface area contributed by atoms with Crippen LogP contribution < -0.4 is 4.74 Å². The monoisotopic (exact) mass is 248 g/mol. The number of rotatable bonds is 2. The standard InChI is InChI=1S/C8H6BrClO2/c1-12-8-6(10)3-2-5(4-11)7(8)9/h2-4H,1H3. The molecule has 0 aliphatic rings. The lowest BCUT2D eigenvalue weighted by atomic mass is 10.2. The molecule has 12 heavy (non-hydrogen) atoms. The van der Waals surface area contributed by atoms with E-state index in [0.29, 0.717) is 20.8 Å². The molecule has 0 atom stereocenters. The molecule has 64 valence electrons. The van der Waals surface area contributed by atoms with Crippen LogP contribution in [0.3, 0.4) is 0 Å². The van der Waals surface area contributed by atoms with Gasteiger partial charge in [0.15, 0.2) is 12.0 Å². The summed E-state index contributed by atoms with van der Waals surface area (Å²) in [6, 6.07) is 3.25. The van der Waals surface area contributed by atoms with Crippen molar-refractivity contribution in [3.05, 3.63) is 27.2 Å². The van der Waals surface area contributed by atoms with Crippen LogP contribution in [0.5, 0.6) is 5.75 Å². The quantitative estimate of drug-likeness (QED) is 0.753. The molecule has 0 unspecified atom stereocenters. The van der Waals surface area contributed by atoms with E-state index >= 15 is 0 Å². The molecule has 0 amide bonds. The van der Waals surface area contributed by atoms with Gasteiger partial charge in [0.1, 0.15) is 0 Å². The first-order valence-electron chi connectivity index (χ1n) is 3.18. The summed E-state index contributed by atoms with van der Waals surface area (Å²) in [4.78, 5) is 10.5. The van der Waals surface area contributed by atoms with Crippen LogP contribution in [0.15, 0.2) is 16.6 Å². The Kier molecular flexibility index (Phi) is 3.12. The number of methoxy groups -OCH3 is 1. The Morgan fingerprint density at radius 2 is 2.25 bits per heavy atom. The van der Waals surface area contributed by atoms with Crippen LogP contribution in [0.2, 0.25) is 5.02 Å². The summed E-state index contributed by atoms with van der Waals surface area (Å²) in [6.45, 7) is 0. The zero-order chi connectivity index (χ0) is 9.14. The minimum Gasteiger partial charge on any atom is -0.494 e. The van der Waals surface area contributed by atoms with Gasteiger partial charge in [-0.15, -0.1) is 0 Å². The molecule has 0 fully saturated rings. The van der Waals surface area contributed by atoms with Gasteiger partial charge in [-0.25, -0.2) is 0 Å². The molecule has 0 heterocycles. The highest BCUT2D eigenvalue weighted by Crippen LogP contribution is 2.34. The van der Waals surface area contributed by atoms with Crippen LogP contribution in [0.1, 0.15) is 10.4 Å². The van der Waals surface area contributed by atoms with Crippen molar-refractivity contribution in [2.45, 2.75) is 0 Å². The predicted octanol–water partition coefficient (Wildman–Crippen LogP) is 2.92. The molecule has 0 aliphatic carbocycles. The van der Waals surface area contributed by atoms with E-state index in [9.17, 15) is 4.79 Å². The van der Waals surface area contributed by atoms with E-state index in [1.807, 2.05) is 0 Å². The number of halogens is 2. The van der Waals surface area contributed by atoms with Gasteiger partial charge < -0.3 is 4.74 Å². The second kappa shape index (κ2) is 3.92. The minimum absolute atomic E-state index is 0.481. The second-order valence-corrected chi connectivity index (χ2v) is 3.30. The zero-order valence-electron chi connectivity index (χ0n) is 6.30. The lowest BCUT2D eigenvalue weighted by Crippen LogP contribution is -1.90. The van der Waals surface area contributed by atoms with Gasteiger partial charge in [0.2, 0.25) is 0 Å². The van der Waals surface area contributed by atoms with Crippen molar-refractivity contribution >= 4 is 33.8 Å². The molecule has 1 aromatic rings. The van der Waals surface area contributed by atoms with Crippen molar-refractivity contribution in [3.8, 4) is 5.75 Å². The smallest absolute Gasteiger partial charge is 0.152 e. The molecule has 0 saturated carbocycles. The van der Waals surface area contributed by atoms with Crippen molar-refractivity contribution in [2.75, 3.05) is 7.11 Å². The lowest BCUT2D eigenvalue weighted by Gasteiger charge is -2.06. The molecule has 0 spiro atoms. The molecule has 0 aromatic heterocycles. The fourth-order valence-electron chi connectivity index (χ4n) is 0.826. The molecular weight excluding hydrogens is 243 g/mol. The van der Waals surface area contributed by atoms with Gasteiger partial charge in [-0.2, -0.15) is 0 Å². The van der Waals surface area contributed by atoms with E-state index in [1.54, 1.807) is 12.1 Å². The number of ether oxygens (including phenoxy) is 1. The first-order valence-corrected chi connectivity index (χ1v) is 4.35. The minimum atomic E-state index is 0.481. The van der Waals surface area contributed by atoms with Gasteiger partial charge in [0, 0.05) is 5.56 Å². The highest BCUT2D eigenvalue weighted by molar-refractivity contribution is 9.10. The van der Waals surface area contributed by atoms with E-state index in [-0.39, 0.29) is 0 Å². The van der Waals surface area contributed by atoms with Crippen molar-refractivity contribution in [1.82, 2.24) is 0 Å². The summed E-state index contributed by atoms with van der Waals surface area (Å²) in [6.07, 6.45) is 0.739. The van der Waals surface area contributed by atoms with E-state index in [1.165, 1.54) is 7.11 Å². The average Bonchev–Trinajstić information content (AvgIpc) is 2.06. The first-order chi connectivity index (χ1) is 5.70. The maximum absolute atomic E-state index is 10.5. The Bertz CT molecular complexity index is 312. The summed E-state index contributed by atoms with van der Waals surface area (Å²) in [5.41, 5.74) is 0.524. The Morgan fingerprint density at radius 1 is 1.58 bits per heavy atom. The molecule has 2 nitrogen and oxygen atoms in total. The third kappa shape index (κ3) is 1.62. The molecule has 0 N–H and O–H groups in total. The Morgan fingerprint density at radius 3 is 2.75 bits per heavy atom. The summed E-state index contributed by atoms with van der Waals surface area (Å²) in [5, 5.41) is 0.481. The highest BCUT2D eigenvalue weighted by atomic mass is 79.9. The third-order valence-electron chi connectivity index (χ3n) is 1.41. The Labute approximate surface area is 83.6 Å². The Hall–Kier alpha value is -0.540. The number of hydrogen-bond donors (Lipinski definition) is 0. The largest absolute Gasteiger partial charge is 0.494 e. The highest BCUT2D eigenvalue weighted by Gasteiger charge is 2.09. The van der Waals surface area contributed by atoms with Gasteiger partial charge in [-0.05, 0) is 28.1 Å². The van der Waals surface area contributed by atoms with Crippen LogP contribution in [0, 0.1) is 0 Å². The molecule has 0 aliphatic heterocycles. The van der Waals surface area contributed by atoms with Crippen LogP contribution in [0.4, 0.5) is 0 Å².